The van der Waals surface area contributed by atoms with Crippen molar-refractivity contribution in [1.82, 2.24) is 5.32 Å². The van der Waals surface area contributed by atoms with Crippen molar-refractivity contribution < 1.29 is 14.7 Å². The zero-order chi connectivity index (χ0) is 13.4. The van der Waals surface area contributed by atoms with E-state index in [0.717, 1.165) is 45.1 Å². The Bertz CT molecular complexity index is 283. The normalized spacial score (nSPS) is 17.6. The fourth-order valence-electron chi connectivity index (χ4n) is 2.55. The van der Waals surface area contributed by atoms with Gasteiger partial charge >= 0.3 is 5.97 Å². The topological polar surface area (TPSA) is 66.4 Å². The highest BCUT2D eigenvalue weighted by molar-refractivity contribution is 5.82. The molecule has 0 unspecified atom stereocenters. The molecule has 104 valence electrons. The van der Waals surface area contributed by atoms with Crippen LogP contribution in [0.3, 0.4) is 0 Å². The average Bonchev–Trinajstić information content (AvgIpc) is 2.75. The van der Waals surface area contributed by atoms with Crippen LogP contribution >= 0.6 is 0 Å². The van der Waals surface area contributed by atoms with Crippen LogP contribution in [0.4, 0.5) is 0 Å². The minimum Gasteiger partial charge on any atom is -0.481 e. The molecule has 4 nitrogen and oxygen atoms in total. The van der Waals surface area contributed by atoms with Gasteiger partial charge in [-0.3, -0.25) is 9.59 Å². The van der Waals surface area contributed by atoms with Crippen LogP contribution in [0, 0.1) is 5.41 Å². The van der Waals surface area contributed by atoms with Crippen LogP contribution in [0.15, 0.2) is 0 Å². The Morgan fingerprint density at radius 2 is 1.72 bits per heavy atom. The minimum absolute atomic E-state index is 0.136. The van der Waals surface area contributed by atoms with E-state index in [1.807, 2.05) is 0 Å². The molecular weight excluding hydrogens is 230 g/mol. The van der Waals surface area contributed by atoms with Crippen molar-refractivity contribution in [2.24, 2.45) is 5.41 Å². The number of aliphatic carboxylic acids is 1. The number of carboxylic acid groups (broad SMARTS) is 1. The van der Waals surface area contributed by atoms with Crippen molar-refractivity contribution in [2.75, 3.05) is 6.54 Å². The molecule has 0 atom stereocenters. The maximum absolute atomic E-state index is 12.0. The summed E-state index contributed by atoms with van der Waals surface area (Å²) in [4.78, 5) is 22.3. The summed E-state index contributed by atoms with van der Waals surface area (Å²) in [6, 6.07) is 0. The molecule has 0 aromatic heterocycles. The molecule has 0 heterocycles. The summed E-state index contributed by atoms with van der Waals surface area (Å²) < 4.78 is 0. The van der Waals surface area contributed by atoms with Gasteiger partial charge in [0.05, 0.1) is 0 Å². The Hall–Kier alpha value is -1.06. The molecule has 0 saturated heterocycles. The number of carboxylic acids is 1. The van der Waals surface area contributed by atoms with Crippen LogP contribution in [-0.4, -0.2) is 23.5 Å². The van der Waals surface area contributed by atoms with E-state index in [0.29, 0.717) is 0 Å². The molecule has 0 aromatic carbocycles. The Labute approximate surface area is 109 Å². The number of carbonyl (C=O) groups excluding carboxylic acids is 1. The first-order valence-corrected chi connectivity index (χ1v) is 7.05. The molecule has 1 saturated carbocycles. The SMILES string of the molecule is CC1(C(=O)NCCCCCCC(=O)O)CCCC1. The summed E-state index contributed by atoms with van der Waals surface area (Å²) in [6.07, 6.45) is 8.21. The lowest BCUT2D eigenvalue weighted by molar-refractivity contribution is -0.137. The van der Waals surface area contributed by atoms with Gasteiger partial charge in [-0.05, 0) is 25.7 Å². The van der Waals surface area contributed by atoms with Crippen LogP contribution in [0.2, 0.25) is 0 Å². The lowest BCUT2D eigenvalue weighted by atomic mass is 9.88. The van der Waals surface area contributed by atoms with Crippen molar-refractivity contribution in [3.05, 3.63) is 0 Å². The van der Waals surface area contributed by atoms with E-state index < -0.39 is 5.97 Å². The molecule has 1 aliphatic carbocycles. The first-order valence-electron chi connectivity index (χ1n) is 7.05. The molecule has 0 bridgehead atoms. The molecule has 0 aliphatic heterocycles. The standard InChI is InChI=1S/C14H25NO3/c1-14(9-5-6-10-14)13(18)15-11-7-3-2-4-8-12(16)17/h2-11H2,1H3,(H,15,18)(H,16,17). The lowest BCUT2D eigenvalue weighted by Crippen LogP contribution is -2.37. The van der Waals surface area contributed by atoms with Crippen molar-refractivity contribution in [3.8, 4) is 0 Å². The maximum atomic E-state index is 12.0. The highest BCUT2D eigenvalue weighted by atomic mass is 16.4. The number of carbonyl (C=O) groups is 2. The van der Waals surface area contributed by atoms with E-state index in [1.54, 1.807) is 0 Å². The molecule has 4 heteroatoms. The maximum Gasteiger partial charge on any atom is 0.303 e. The summed E-state index contributed by atoms with van der Waals surface area (Å²) in [7, 11) is 0. The zero-order valence-corrected chi connectivity index (χ0v) is 11.3. The second-order valence-corrected chi connectivity index (χ2v) is 5.58. The first-order chi connectivity index (χ1) is 8.54. The second-order valence-electron chi connectivity index (χ2n) is 5.58. The number of hydrogen-bond donors (Lipinski definition) is 2. The monoisotopic (exact) mass is 255 g/mol. The predicted octanol–water partition coefficient (Wildman–Crippen LogP) is 2.72. The summed E-state index contributed by atoms with van der Waals surface area (Å²) in [6.45, 7) is 2.78. The van der Waals surface area contributed by atoms with Gasteiger partial charge in [-0.25, -0.2) is 0 Å². The van der Waals surface area contributed by atoms with Gasteiger partial charge in [-0.2, -0.15) is 0 Å². The minimum atomic E-state index is -0.725. The molecule has 18 heavy (non-hydrogen) atoms. The highest BCUT2D eigenvalue weighted by Gasteiger charge is 2.35. The molecule has 1 rings (SSSR count). The number of hydrogen-bond acceptors (Lipinski definition) is 2. The fourth-order valence-corrected chi connectivity index (χ4v) is 2.55. The van der Waals surface area contributed by atoms with Gasteiger partial charge in [0.25, 0.3) is 0 Å². The van der Waals surface area contributed by atoms with Gasteiger partial charge in [0.2, 0.25) is 5.91 Å². The van der Waals surface area contributed by atoms with Crippen LogP contribution in [0.5, 0.6) is 0 Å². The zero-order valence-electron chi connectivity index (χ0n) is 11.3. The van der Waals surface area contributed by atoms with Gasteiger partial charge < -0.3 is 10.4 Å². The summed E-state index contributed by atoms with van der Waals surface area (Å²) >= 11 is 0. The Kier molecular flexibility index (Phi) is 6.16. The molecule has 1 aliphatic rings. The van der Waals surface area contributed by atoms with Crippen LogP contribution in [-0.2, 0) is 9.59 Å². The third-order valence-corrected chi connectivity index (χ3v) is 3.86. The number of unbranched alkanes of at least 4 members (excludes halogenated alkanes) is 3. The Morgan fingerprint density at radius 3 is 2.33 bits per heavy atom. The predicted molar refractivity (Wildman–Crippen MR) is 70.3 cm³/mol. The van der Waals surface area contributed by atoms with Crippen LogP contribution in [0.25, 0.3) is 0 Å². The van der Waals surface area contributed by atoms with Gasteiger partial charge in [-0.1, -0.05) is 32.6 Å². The van der Waals surface area contributed by atoms with Gasteiger partial charge in [-0.15, -0.1) is 0 Å². The third-order valence-electron chi connectivity index (χ3n) is 3.86. The first kappa shape index (κ1) is 15.0. The largest absolute Gasteiger partial charge is 0.481 e. The van der Waals surface area contributed by atoms with Crippen LogP contribution < -0.4 is 5.32 Å². The lowest BCUT2D eigenvalue weighted by Gasteiger charge is -2.22. The summed E-state index contributed by atoms with van der Waals surface area (Å²) in [5, 5.41) is 11.5. The fraction of sp³-hybridized carbons (Fsp3) is 0.857. The smallest absolute Gasteiger partial charge is 0.303 e. The number of nitrogens with one attached hydrogen (secondary N) is 1. The van der Waals surface area contributed by atoms with E-state index in [1.165, 1.54) is 12.8 Å². The van der Waals surface area contributed by atoms with Crippen molar-refractivity contribution in [2.45, 2.75) is 64.7 Å². The average molecular weight is 255 g/mol. The Balaban J connectivity index is 2.00. The van der Waals surface area contributed by atoms with Crippen molar-refractivity contribution >= 4 is 11.9 Å². The van der Waals surface area contributed by atoms with E-state index in [-0.39, 0.29) is 17.7 Å². The molecule has 2 N–H and O–H groups in total. The van der Waals surface area contributed by atoms with E-state index >= 15 is 0 Å². The van der Waals surface area contributed by atoms with Gasteiger partial charge in [0.1, 0.15) is 0 Å². The highest BCUT2D eigenvalue weighted by Crippen LogP contribution is 2.37. The molecule has 0 spiro atoms. The molecule has 1 fully saturated rings. The van der Waals surface area contributed by atoms with Crippen molar-refractivity contribution in [3.63, 3.8) is 0 Å². The van der Waals surface area contributed by atoms with E-state index in [2.05, 4.69) is 12.2 Å². The van der Waals surface area contributed by atoms with Gasteiger partial charge in [0.15, 0.2) is 0 Å². The number of amides is 1. The quantitative estimate of drug-likeness (QED) is 0.655. The van der Waals surface area contributed by atoms with Crippen LogP contribution in [0.1, 0.15) is 64.7 Å². The Morgan fingerprint density at radius 1 is 1.11 bits per heavy atom. The molecule has 1 amide bonds. The second kappa shape index (κ2) is 7.39. The van der Waals surface area contributed by atoms with E-state index in [4.69, 9.17) is 5.11 Å². The summed E-state index contributed by atoms with van der Waals surface area (Å²) in [5.74, 6) is -0.525. The summed E-state index contributed by atoms with van der Waals surface area (Å²) in [5.41, 5.74) is -0.136. The third kappa shape index (κ3) is 5.07. The molecule has 0 aromatic rings. The number of rotatable bonds is 8. The molecular formula is C14H25NO3. The van der Waals surface area contributed by atoms with E-state index in [9.17, 15) is 9.59 Å². The van der Waals surface area contributed by atoms with Crippen molar-refractivity contribution in [1.29, 1.82) is 0 Å². The van der Waals surface area contributed by atoms with Gasteiger partial charge in [0, 0.05) is 18.4 Å². The molecule has 0 radical (unpaired) electrons.